The molecular weight excluding hydrogens is 420 g/mol. The Balaban J connectivity index is 1.28. The maximum absolute atomic E-state index is 12.7. The number of sulfonamides is 1. The van der Waals surface area contributed by atoms with E-state index in [0.717, 1.165) is 50.0 Å². The van der Waals surface area contributed by atoms with Crippen molar-refractivity contribution in [3.8, 4) is 5.75 Å². The van der Waals surface area contributed by atoms with Crippen LogP contribution in [0.3, 0.4) is 0 Å². The van der Waals surface area contributed by atoms with Crippen LogP contribution in [0.15, 0.2) is 45.9 Å². The van der Waals surface area contributed by atoms with E-state index in [-0.39, 0.29) is 17.0 Å². The van der Waals surface area contributed by atoms with Crippen LogP contribution < -0.4 is 10.1 Å². The quantitative estimate of drug-likeness (QED) is 0.667. The standard InChI is InChI=1S/C22H28N2O6S/c25-22(20-10-11-21(30-20)31(26,27)24-12-2-1-3-13-24)23-15-17-6-8-18(9-7-17)29-16-19-5-4-14-28-19/h6-11,19H,1-5,12-16H2,(H,23,25)/t19-/m1/s1. The van der Waals surface area contributed by atoms with E-state index in [1.807, 2.05) is 24.3 Å². The van der Waals surface area contributed by atoms with Crippen LogP contribution in [0.2, 0.25) is 0 Å². The first-order valence-corrected chi connectivity index (χ1v) is 12.2. The van der Waals surface area contributed by atoms with Gasteiger partial charge in [-0.15, -0.1) is 0 Å². The molecule has 2 saturated heterocycles. The van der Waals surface area contributed by atoms with Crippen LogP contribution in [-0.4, -0.2) is 51.0 Å². The first kappa shape index (κ1) is 21.9. The maximum atomic E-state index is 12.7. The fourth-order valence-electron chi connectivity index (χ4n) is 3.75. The van der Waals surface area contributed by atoms with Crippen LogP contribution in [-0.2, 0) is 21.3 Å². The number of ether oxygens (including phenoxy) is 2. The van der Waals surface area contributed by atoms with Gasteiger partial charge in [0.15, 0.2) is 5.76 Å². The van der Waals surface area contributed by atoms with E-state index in [1.165, 1.54) is 16.4 Å². The Morgan fingerprint density at radius 2 is 1.84 bits per heavy atom. The Morgan fingerprint density at radius 3 is 2.55 bits per heavy atom. The molecule has 8 nitrogen and oxygen atoms in total. The summed E-state index contributed by atoms with van der Waals surface area (Å²) in [7, 11) is -3.69. The van der Waals surface area contributed by atoms with Gasteiger partial charge in [-0.3, -0.25) is 4.79 Å². The summed E-state index contributed by atoms with van der Waals surface area (Å²) in [4.78, 5) is 12.4. The lowest BCUT2D eigenvalue weighted by molar-refractivity contribution is 0.0679. The molecule has 0 radical (unpaired) electrons. The summed E-state index contributed by atoms with van der Waals surface area (Å²) in [6.07, 6.45) is 4.97. The highest BCUT2D eigenvalue weighted by Crippen LogP contribution is 2.22. The molecule has 0 aliphatic carbocycles. The van der Waals surface area contributed by atoms with Crippen LogP contribution in [0.1, 0.15) is 48.2 Å². The number of piperidine rings is 1. The lowest BCUT2D eigenvalue weighted by atomic mass is 10.2. The van der Waals surface area contributed by atoms with E-state index < -0.39 is 15.9 Å². The molecule has 2 aliphatic rings. The normalized spacial score (nSPS) is 19.9. The molecule has 9 heteroatoms. The van der Waals surface area contributed by atoms with E-state index in [9.17, 15) is 13.2 Å². The molecule has 2 fully saturated rings. The number of amides is 1. The summed E-state index contributed by atoms with van der Waals surface area (Å²) in [5.41, 5.74) is 0.894. The Bertz CT molecular complexity index is 974. The molecule has 2 aromatic rings. The summed E-state index contributed by atoms with van der Waals surface area (Å²) >= 11 is 0. The zero-order valence-corrected chi connectivity index (χ0v) is 18.2. The summed E-state index contributed by atoms with van der Waals surface area (Å²) < 4.78 is 43.4. The van der Waals surface area contributed by atoms with Gasteiger partial charge in [-0.2, -0.15) is 4.31 Å². The molecule has 1 amide bonds. The van der Waals surface area contributed by atoms with Gasteiger partial charge in [0, 0.05) is 26.2 Å². The van der Waals surface area contributed by atoms with Crippen LogP contribution in [0.25, 0.3) is 0 Å². The number of rotatable bonds is 8. The van der Waals surface area contributed by atoms with Gasteiger partial charge in [-0.25, -0.2) is 8.42 Å². The van der Waals surface area contributed by atoms with Crippen molar-refractivity contribution in [2.75, 3.05) is 26.3 Å². The number of nitrogens with one attached hydrogen (secondary N) is 1. The lowest BCUT2D eigenvalue weighted by Crippen LogP contribution is -2.35. The minimum Gasteiger partial charge on any atom is -0.491 e. The van der Waals surface area contributed by atoms with Gasteiger partial charge in [0.05, 0.1) is 6.10 Å². The lowest BCUT2D eigenvalue weighted by Gasteiger charge is -2.24. The molecule has 3 heterocycles. The molecule has 4 rings (SSSR count). The van der Waals surface area contributed by atoms with Crippen molar-refractivity contribution < 1.29 is 27.1 Å². The van der Waals surface area contributed by atoms with Crippen LogP contribution >= 0.6 is 0 Å². The minimum atomic E-state index is -3.69. The van der Waals surface area contributed by atoms with Gasteiger partial charge in [-0.05, 0) is 55.5 Å². The van der Waals surface area contributed by atoms with Gasteiger partial charge < -0.3 is 19.2 Å². The number of hydrogen-bond acceptors (Lipinski definition) is 6. The molecule has 1 atom stereocenters. The fraction of sp³-hybridized carbons (Fsp3) is 0.500. The second-order valence-corrected chi connectivity index (χ2v) is 9.72. The zero-order valence-electron chi connectivity index (χ0n) is 17.4. The zero-order chi connectivity index (χ0) is 21.7. The third-order valence-corrected chi connectivity index (χ3v) is 7.32. The van der Waals surface area contributed by atoms with Crippen molar-refractivity contribution in [2.24, 2.45) is 0 Å². The summed E-state index contributed by atoms with van der Waals surface area (Å²) in [6.45, 7) is 2.60. The smallest absolute Gasteiger partial charge is 0.287 e. The second kappa shape index (κ2) is 9.84. The topological polar surface area (TPSA) is 98.1 Å². The highest BCUT2D eigenvalue weighted by molar-refractivity contribution is 7.89. The maximum Gasteiger partial charge on any atom is 0.287 e. The van der Waals surface area contributed by atoms with Gasteiger partial charge in [-0.1, -0.05) is 18.6 Å². The summed E-state index contributed by atoms with van der Waals surface area (Å²) in [5, 5.41) is 2.57. The molecule has 0 unspecified atom stereocenters. The van der Waals surface area contributed by atoms with Crippen LogP contribution in [0.5, 0.6) is 5.75 Å². The van der Waals surface area contributed by atoms with E-state index in [2.05, 4.69) is 5.32 Å². The van der Waals surface area contributed by atoms with Crippen molar-refractivity contribution >= 4 is 15.9 Å². The molecule has 1 aromatic carbocycles. The predicted molar refractivity (Wildman–Crippen MR) is 113 cm³/mol. The summed E-state index contributed by atoms with van der Waals surface area (Å²) in [5.74, 6) is 0.273. The largest absolute Gasteiger partial charge is 0.491 e. The van der Waals surface area contributed by atoms with Crippen molar-refractivity contribution in [2.45, 2.75) is 49.8 Å². The third-order valence-electron chi connectivity index (χ3n) is 5.55. The molecule has 1 aromatic heterocycles. The molecule has 2 aliphatic heterocycles. The number of furan rings is 1. The molecule has 0 bridgehead atoms. The van der Waals surface area contributed by atoms with E-state index in [1.54, 1.807) is 0 Å². The van der Waals surface area contributed by atoms with Crippen molar-refractivity contribution in [1.29, 1.82) is 0 Å². The monoisotopic (exact) mass is 448 g/mol. The number of nitrogens with zero attached hydrogens (tertiary/aromatic N) is 1. The average Bonchev–Trinajstić information content (AvgIpc) is 3.50. The Morgan fingerprint density at radius 1 is 1.06 bits per heavy atom. The number of benzene rings is 1. The van der Waals surface area contributed by atoms with Crippen molar-refractivity contribution in [3.63, 3.8) is 0 Å². The Labute approximate surface area is 182 Å². The molecule has 1 N–H and O–H groups in total. The number of carbonyl (C=O) groups is 1. The highest BCUT2D eigenvalue weighted by atomic mass is 32.2. The van der Waals surface area contributed by atoms with Gasteiger partial charge in [0.25, 0.3) is 15.9 Å². The minimum absolute atomic E-state index is 0.0212. The second-order valence-electron chi connectivity index (χ2n) is 7.86. The first-order chi connectivity index (χ1) is 15.0. The molecule has 31 heavy (non-hydrogen) atoms. The van der Waals surface area contributed by atoms with E-state index in [0.29, 0.717) is 26.2 Å². The highest BCUT2D eigenvalue weighted by Gasteiger charge is 2.29. The average molecular weight is 449 g/mol. The SMILES string of the molecule is O=C(NCc1ccc(OC[C@H]2CCCO2)cc1)c1ccc(S(=O)(=O)N2CCCCC2)o1. The Kier molecular flexibility index (Phi) is 6.94. The van der Waals surface area contributed by atoms with E-state index >= 15 is 0 Å². The molecule has 168 valence electrons. The van der Waals surface area contributed by atoms with Gasteiger partial charge >= 0.3 is 0 Å². The van der Waals surface area contributed by atoms with Crippen molar-refractivity contribution in [3.05, 3.63) is 47.7 Å². The van der Waals surface area contributed by atoms with E-state index in [4.69, 9.17) is 13.9 Å². The number of carbonyl (C=O) groups excluding carboxylic acids is 1. The number of hydrogen-bond donors (Lipinski definition) is 1. The van der Waals surface area contributed by atoms with Gasteiger partial charge in [0.1, 0.15) is 12.4 Å². The molecular formula is C22H28N2O6S. The molecule has 0 saturated carbocycles. The summed E-state index contributed by atoms with van der Waals surface area (Å²) in [6, 6.07) is 10.2. The van der Waals surface area contributed by atoms with Gasteiger partial charge in [0.2, 0.25) is 5.09 Å². The van der Waals surface area contributed by atoms with Crippen LogP contribution in [0.4, 0.5) is 0 Å². The first-order valence-electron chi connectivity index (χ1n) is 10.7. The van der Waals surface area contributed by atoms with Crippen LogP contribution in [0, 0.1) is 0 Å². The predicted octanol–water partition coefficient (Wildman–Crippen LogP) is 2.94. The Hall–Kier alpha value is -2.36. The molecule has 0 spiro atoms. The third kappa shape index (κ3) is 5.47. The van der Waals surface area contributed by atoms with Crippen molar-refractivity contribution in [1.82, 2.24) is 9.62 Å². The fourth-order valence-corrected chi connectivity index (χ4v) is 5.18.